The number of hydrogen-bond donors (Lipinski definition) is 2. The van der Waals surface area contributed by atoms with E-state index in [1.165, 1.54) is 6.08 Å². The molecule has 0 radical (unpaired) electrons. The van der Waals surface area contributed by atoms with E-state index in [1.54, 1.807) is 11.0 Å². The maximum Gasteiger partial charge on any atom is 0.251 e. The third-order valence-corrected chi connectivity index (χ3v) is 4.00. The number of rotatable bonds is 8. The minimum Gasteiger partial charge on any atom is -0.359 e. The Kier molecular flexibility index (Phi) is 5.77. The lowest BCUT2D eigenvalue weighted by Gasteiger charge is -2.21. The highest BCUT2D eigenvalue weighted by Gasteiger charge is 2.13. The third kappa shape index (κ3) is 4.16. The molecule has 0 unspecified atom stereocenters. The number of nitrogens with one attached hydrogen (secondary N) is 2. The van der Waals surface area contributed by atoms with Crippen LogP contribution in [0.1, 0.15) is 12.1 Å². The number of hydrogen-bond acceptors (Lipinski definition) is 3. The SMILES string of the molecule is O=CNCCCN(C(=O)/C=C/c1n[nH]c2ccccc12)c1ccccc1. The predicted octanol–water partition coefficient (Wildman–Crippen LogP) is 2.75. The first-order chi connectivity index (χ1) is 12.8. The first kappa shape index (κ1) is 17.4. The van der Waals surface area contributed by atoms with Gasteiger partial charge in [-0.1, -0.05) is 36.4 Å². The summed E-state index contributed by atoms with van der Waals surface area (Å²) in [6, 6.07) is 17.3. The zero-order valence-electron chi connectivity index (χ0n) is 14.3. The molecule has 132 valence electrons. The van der Waals surface area contributed by atoms with E-state index < -0.39 is 0 Å². The minimum atomic E-state index is -0.130. The van der Waals surface area contributed by atoms with E-state index in [0.717, 1.165) is 22.3 Å². The second-order valence-electron chi connectivity index (χ2n) is 5.74. The van der Waals surface area contributed by atoms with Crippen molar-refractivity contribution in [1.82, 2.24) is 15.5 Å². The number of carbonyl (C=O) groups is 2. The lowest BCUT2D eigenvalue weighted by molar-refractivity contribution is -0.114. The van der Waals surface area contributed by atoms with Crippen molar-refractivity contribution >= 4 is 35.0 Å². The molecule has 0 bridgehead atoms. The fourth-order valence-electron chi connectivity index (χ4n) is 2.72. The van der Waals surface area contributed by atoms with Gasteiger partial charge in [0.25, 0.3) is 5.91 Å². The topological polar surface area (TPSA) is 78.1 Å². The summed E-state index contributed by atoms with van der Waals surface area (Å²) >= 11 is 0. The van der Waals surface area contributed by atoms with Crippen molar-refractivity contribution < 1.29 is 9.59 Å². The molecule has 0 saturated heterocycles. The molecular formula is C20H20N4O2. The molecule has 2 amide bonds. The highest BCUT2D eigenvalue weighted by atomic mass is 16.2. The van der Waals surface area contributed by atoms with Gasteiger partial charge in [-0.15, -0.1) is 0 Å². The molecule has 0 aliphatic rings. The molecule has 0 aliphatic heterocycles. The Morgan fingerprint density at radius 3 is 2.69 bits per heavy atom. The van der Waals surface area contributed by atoms with E-state index in [2.05, 4.69) is 15.5 Å². The lowest BCUT2D eigenvalue weighted by atomic mass is 10.2. The van der Waals surface area contributed by atoms with Gasteiger partial charge in [0, 0.05) is 30.2 Å². The number of para-hydroxylation sites is 2. The van der Waals surface area contributed by atoms with Gasteiger partial charge < -0.3 is 10.2 Å². The van der Waals surface area contributed by atoms with Crippen molar-refractivity contribution in [3.63, 3.8) is 0 Å². The molecule has 2 aromatic carbocycles. The standard InChI is InChI=1S/C20H20N4O2/c25-15-21-13-6-14-24(16-7-2-1-3-8-16)20(26)12-11-19-17-9-4-5-10-18(17)22-23-19/h1-5,7-12,15H,6,13-14H2,(H,21,25)(H,22,23)/b12-11+. The molecule has 3 aromatic rings. The van der Waals surface area contributed by atoms with Crippen molar-refractivity contribution in [1.29, 1.82) is 0 Å². The molecule has 3 rings (SSSR count). The highest BCUT2D eigenvalue weighted by Crippen LogP contribution is 2.18. The molecular weight excluding hydrogens is 328 g/mol. The third-order valence-electron chi connectivity index (χ3n) is 4.00. The molecule has 0 aliphatic carbocycles. The predicted molar refractivity (Wildman–Crippen MR) is 103 cm³/mol. The molecule has 6 nitrogen and oxygen atoms in total. The summed E-state index contributed by atoms with van der Waals surface area (Å²) in [6.07, 6.45) is 4.58. The first-order valence-corrected chi connectivity index (χ1v) is 8.44. The van der Waals surface area contributed by atoms with Gasteiger partial charge in [0.2, 0.25) is 6.41 Å². The lowest BCUT2D eigenvalue weighted by Crippen LogP contribution is -2.32. The summed E-state index contributed by atoms with van der Waals surface area (Å²) < 4.78 is 0. The van der Waals surface area contributed by atoms with Crippen LogP contribution in [0.5, 0.6) is 0 Å². The molecule has 6 heteroatoms. The molecule has 2 N–H and O–H groups in total. The quantitative estimate of drug-likeness (QED) is 0.373. The van der Waals surface area contributed by atoms with Crippen molar-refractivity contribution in [2.24, 2.45) is 0 Å². The van der Waals surface area contributed by atoms with Crippen molar-refractivity contribution in [2.75, 3.05) is 18.0 Å². The zero-order chi connectivity index (χ0) is 18.2. The number of aromatic nitrogens is 2. The smallest absolute Gasteiger partial charge is 0.251 e. The van der Waals surface area contributed by atoms with Gasteiger partial charge in [0.05, 0.1) is 11.2 Å². The number of aromatic amines is 1. The molecule has 0 fully saturated rings. The average Bonchev–Trinajstić information content (AvgIpc) is 3.10. The largest absolute Gasteiger partial charge is 0.359 e. The van der Waals surface area contributed by atoms with E-state index in [-0.39, 0.29) is 5.91 Å². The second kappa shape index (κ2) is 8.62. The number of benzene rings is 2. The summed E-state index contributed by atoms with van der Waals surface area (Å²) in [7, 11) is 0. The number of H-pyrrole nitrogens is 1. The van der Waals surface area contributed by atoms with Crippen LogP contribution in [0.4, 0.5) is 5.69 Å². The van der Waals surface area contributed by atoms with Crippen LogP contribution in [0.3, 0.4) is 0 Å². The summed E-state index contributed by atoms with van der Waals surface area (Å²) in [5, 5.41) is 10.8. The van der Waals surface area contributed by atoms with Crippen LogP contribution in [0.15, 0.2) is 60.7 Å². The Hall–Kier alpha value is -3.41. The van der Waals surface area contributed by atoms with E-state index in [4.69, 9.17) is 0 Å². The summed E-state index contributed by atoms with van der Waals surface area (Å²) in [4.78, 5) is 24.8. The number of nitrogens with zero attached hydrogens (tertiary/aromatic N) is 2. The normalized spacial score (nSPS) is 10.9. The van der Waals surface area contributed by atoms with Gasteiger partial charge in [-0.3, -0.25) is 14.7 Å². The number of carbonyl (C=O) groups excluding carboxylic acids is 2. The van der Waals surface area contributed by atoms with Gasteiger partial charge in [-0.2, -0.15) is 5.10 Å². The Bertz CT molecular complexity index is 902. The highest BCUT2D eigenvalue weighted by molar-refractivity contribution is 6.04. The number of amides is 2. The van der Waals surface area contributed by atoms with Crippen LogP contribution in [0.2, 0.25) is 0 Å². The minimum absolute atomic E-state index is 0.130. The fraction of sp³-hybridized carbons (Fsp3) is 0.150. The number of fused-ring (bicyclic) bond motifs is 1. The van der Waals surface area contributed by atoms with Gasteiger partial charge in [-0.25, -0.2) is 0 Å². The molecule has 0 spiro atoms. The molecule has 0 atom stereocenters. The van der Waals surface area contributed by atoms with E-state index in [1.807, 2.05) is 54.6 Å². The Labute approximate surface area is 151 Å². The van der Waals surface area contributed by atoms with Crippen LogP contribution in [0.25, 0.3) is 17.0 Å². The van der Waals surface area contributed by atoms with E-state index in [0.29, 0.717) is 25.9 Å². The Balaban J connectivity index is 1.77. The maximum atomic E-state index is 12.7. The van der Waals surface area contributed by atoms with Crippen molar-refractivity contribution in [3.8, 4) is 0 Å². The molecule has 1 heterocycles. The number of anilines is 1. The molecule has 0 saturated carbocycles. The van der Waals surface area contributed by atoms with Crippen LogP contribution in [-0.4, -0.2) is 35.6 Å². The second-order valence-corrected chi connectivity index (χ2v) is 5.74. The van der Waals surface area contributed by atoms with E-state index >= 15 is 0 Å². The molecule has 1 aromatic heterocycles. The van der Waals surface area contributed by atoms with Crippen LogP contribution in [0, 0.1) is 0 Å². The summed E-state index contributed by atoms with van der Waals surface area (Å²) in [6.45, 7) is 1.03. The van der Waals surface area contributed by atoms with Gasteiger partial charge >= 0.3 is 0 Å². The van der Waals surface area contributed by atoms with E-state index in [9.17, 15) is 9.59 Å². The first-order valence-electron chi connectivity index (χ1n) is 8.44. The fourth-order valence-corrected chi connectivity index (χ4v) is 2.72. The van der Waals surface area contributed by atoms with Crippen molar-refractivity contribution in [2.45, 2.75) is 6.42 Å². The van der Waals surface area contributed by atoms with Gasteiger partial charge in [-0.05, 0) is 30.7 Å². The zero-order valence-corrected chi connectivity index (χ0v) is 14.3. The molecule has 26 heavy (non-hydrogen) atoms. The maximum absolute atomic E-state index is 12.7. The monoisotopic (exact) mass is 348 g/mol. The average molecular weight is 348 g/mol. The summed E-state index contributed by atoms with van der Waals surface area (Å²) in [5.41, 5.74) is 2.48. The van der Waals surface area contributed by atoms with Gasteiger partial charge in [0.15, 0.2) is 0 Å². The summed E-state index contributed by atoms with van der Waals surface area (Å²) in [5.74, 6) is -0.130. The Morgan fingerprint density at radius 1 is 1.12 bits per heavy atom. The Morgan fingerprint density at radius 2 is 1.88 bits per heavy atom. The van der Waals surface area contributed by atoms with Gasteiger partial charge in [0.1, 0.15) is 0 Å². The van der Waals surface area contributed by atoms with Crippen LogP contribution >= 0.6 is 0 Å². The van der Waals surface area contributed by atoms with Crippen molar-refractivity contribution in [3.05, 3.63) is 66.4 Å². The van der Waals surface area contributed by atoms with Crippen LogP contribution < -0.4 is 10.2 Å². The van der Waals surface area contributed by atoms with Crippen LogP contribution in [-0.2, 0) is 9.59 Å².